The van der Waals surface area contributed by atoms with Crippen LogP contribution in [0.5, 0.6) is 0 Å². The van der Waals surface area contributed by atoms with Crippen LogP contribution in [0, 0.1) is 17.2 Å². The van der Waals surface area contributed by atoms with Gasteiger partial charge in [-0.3, -0.25) is 9.59 Å². The molecule has 2 atom stereocenters. The van der Waals surface area contributed by atoms with Crippen molar-refractivity contribution in [1.82, 2.24) is 0 Å². The Balaban J connectivity index is 1.89. The summed E-state index contributed by atoms with van der Waals surface area (Å²) in [4.78, 5) is 27.9. The standard InChI is InChI=1S/C22H18N2O3/c1-27-20(25)18-12-11-16(13-23)22(18)17-9-5-6-10-19(17)24(21(22)26)14-15-7-3-2-4-8-15/h2-11,18H,12,14H2,1H3/t18?,22-/m1/s1. The number of carbonyl (C=O) groups excluding carboxylic acids is 2. The molecule has 5 nitrogen and oxygen atoms in total. The van der Waals surface area contributed by atoms with Crippen LogP contribution in [0.2, 0.25) is 0 Å². The summed E-state index contributed by atoms with van der Waals surface area (Å²) in [6.07, 6.45) is 2.01. The first kappa shape index (κ1) is 17.0. The first-order chi connectivity index (χ1) is 13.1. The van der Waals surface area contributed by atoms with Gasteiger partial charge in [0, 0.05) is 11.3 Å². The third kappa shape index (κ3) is 2.30. The lowest BCUT2D eigenvalue weighted by molar-refractivity contribution is -0.149. The molecule has 1 aliphatic heterocycles. The third-order valence-corrected chi connectivity index (χ3v) is 5.50. The molecular weight excluding hydrogens is 340 g/mol. The molecule has 1 aliphatic carbocycles. The fourth-order valence-electron chi connectivity index (χ4n) is 4.31. The van der Waals surface area contributed by atoms with Gasteiger partial charge in [-0.25, -0.2) is 0 Å². The Morgan fingerprint density at radius 3 is 2.63 bits per heavy atom. The molecule has 1 unspecified atom stereocenters. The van der Waals surface area contributed by atoms with Gasteiger partial charge in [0.25, 0.3) is 0 Å². The van der Waals surface area contributed by atoms with E-state index in [1.807, 2.05) is 54.6 Å². The molecule has 27 heavy (non-hydrogen) atoms. The number of amides is 1. The van der Waals surface area contributed by atoms with Gasteiger partial charge in [0.05, 0.1) is 25.6 Å². The number of rotatable bonds is 3. The van der Waals surface area contributed by atoms with E-state index >= 15 is 0 Å². The maximum absolute atomic E-state index is 13.7. The Hall–Kier alpha value is -3.39. The fraction of sp³-hybridized carbons (Fsp3) is 0.227. The van der Waals surface area contributed by atoms with E-state index in [1.54, 1.807) is 11.0 Å². The lowest BCUT2D eigenvalue weighted by atomic mass is 9.69. The van der Waals surface area contributed by atoms with E-state index in [4.69, 9.17) is 4.74 Å². The predicted molar refractivity (Wildman–Crippen MR) is 99.6 cm³/mol. The minimum absolute atomic E-state index is 0.242. The highest BCUT2D eigenvalue weighted by molar-refractivity contribution is 6.13. The van der Waals surface area contributed by atoms with Crippen molar-refractivity contribution < 1.29 is 14.3 Å². The summed E-state index contributed by atoms with van der Waals surface area (Å²) < 4.78 is 4.98. The van der Waals surface area contributed by atoms with Crippen LogP contribution in [0.15, 0.2) is 66.2 Å². The van der Waals surface area contributed by atoms with Crippen LogP contribution in [0.25, 0.3) is 0 Å². The quantitative estimate of drug-likeness (QED) is 0.791. The Morgan fingerprint density at radius 1 is 1.22 bits per heavy atom. The largest absolute Gasteiger partial charge is 0.469 e. The SMILES string of the molecule is COC(=O)C1CC=C(C#N)[C@]12C(=O)N(Cc1ccccc1)c1ccccc12. The molecule has 5 heteroatoms. The molecule has 0 saturated carbocycles. The van der Waals surface area contributed by atoms with E-state index in [-0.39, 0.29) is 5.91 Å². The summed E-state index contributed by atoms with van der Waals surface area (Å²) in [5.41, 5.74) is 1.45. The van der Waals surface area contributed by atoms with Crippen molar-refractivity contribution in [3.63, 3.8) is 0 Å². The first-order valence-corrected chi connectivity index (χ1v) is 8.78. The highest BCUT2D eigenvalue weighted by Crippen LogP contribution is 2.55. The van der Waals surface area contributed by atoms with Crippen molar-refractivity contribution in [2.24, 2.45) is 5.92 Å². The minimum Gasteiger partial charge on any atom is -0.469 e. The van der Waals surface area contributed by atoms with Crippen molar-refractivity contribution in [2.45, 2.75) is 18.4 Å². The van der Waals surface area contributed by atoms with Gasteiger partial charge < -0.3 is 9.64 Å². The molecule has 0 aromatic heterocycles. The van der Waals surface area contributed by atoms with Gasteiger partial charge in [0.15, 0.2) is 0 Å². The molecule has 2 aromatic carbocycles. The lowest BCUT2D eigenvalue weighted by Crippen LogP contribution is -2.47. The van der Waals surface area contributed by atoms with Crippen LogP contribution in [0.3, 0.4) is 0 Å². The van der Waals surface area contributed by atoms with Crippen molar-refractivity contribution in [1.29, 1.82) is 5.26 Å². The van der Waals surface area contributed by atoms with Gasteiger partial charge in [-0.05, 0) is 23.6 Å². The van der Waals surface area contributed by atoms with E-state index in [2.05, 4.69) is 6.07 Å². The number of nitrogens with zero attached hydrogens (tertiary/aromatic N) is 2. The van der Waals surface area contributed by atoms with Gasteiger partial charge in [-0.2, -0.15) is 5.26 Å². The van der Waals surface area contributed by atoms with Gasteiger partial charge in [0.1, 0.15) is 5.41 Å². The van der Waals surface area contributed by atoms with Crippen molar-refractivity contribution in [2.75, 3.05) is 12.0 Å². The van der Waals surface area contributed by atoms with Crippen LogP contribution < -0.4 is 4.90 Å². The molecule has 2 aromatic rings. The van der Waals surface area contributed by atoms with E-state index < -0.39 is 17.3 Å². The number of carbonyl (C=O) groups is 2. The highest BCUT2D eigenvalue weighted by atomic mass is 16.5. The average Bonchev–Trinajstić information content (AvgIpc) is 3.21. The molecule has 0 radical (unpaired) electrons. The van der Waals surface area contributed by atoms with Gasteiger partial charge in [-0.1, -0.05) is 54.6 Å². The number of hydrogen-bond acceptors (Lipinski definition) is 4. The summed E-state index contributed by atoms with van der Waals surface area (Å²) in [6.45, 7) is 0.380. The zero-order chi connectivity index (χ0) is 19.0. The molecule has 1 amide bonds. The van der Waals surface area contributed by atoms with Crippen LogP contribution in [-0.4, -0.2) is 19.0 Å². The number of anilines is 1. The molecule has 4 rings (SSSR count). The number of fused-ring (bicyclic) bond motifs is 2. The maximum atomic E-state index is 13.7. The number of allylic oxidation sites excluding steroid dienone is 1. The molecule has 1 spiro atoms. The molecular formula is C22H18N2O3. The van der Waals surface area contributed by atoms with E-state index in [9.17, 15) is 14.9 Å². The number of ether oxygens (including phenoxy) is 1. The normalized spacial score (nSPS) is 23.1. The summed E-state index contributed by atoms with van der Waals surface area (Å²) in [5.74, 6) is -1.44. The number of methoxy groups -OCH3 is 1. The molecule has 0 N–H and O–H groups in total. The van der Waals surface area contributed by atoms with E-state index in [0.29, 0.717) is 24.1 Å². The zero-order valence-electron chi connectivity index (χ0n) is 14.9. The third-order valence-electron chi connectivity index (χ3n) is 5.50. The van der Waals surface area contributed by atoms with Crippen LogP contribution in [0.4, 0.5) is 5.69 Å². The second kappa shape index (κ2) is 6.40. The number of nitriles is 1. The predicted octanol–water partition coefficient (Wildman–Crippen LogP) is 3.11. The molecule has 0 fully saturated rings. The monoisotopic (exact) mass is 358 g/mol. The topological polar surface area (TPSA) is 70.4 Å². The van der Waals surface area contributed by atoms with Gasteiger partial charge >= 0.3 is 5.97 Å². The number of benzene rings is 2. The maximum Gasteiger partial charge on any atom is 0.310 e. The van der Waals surface area contributed by atoms with Crippen LogP contribution in [0.1, 0.15) is 17.5 Å². The zero-order valence-corrected chi connectivity index (χ0v) is 14.9. The second-order valence-corrected chi connectivity index (χ2v) is 6.74. The number of para-hydroxylation sites is 1. The molecule has 1 heterocycles. The van der Waals surface area contributed by atoms with Crippen molar-refractivity contribution in [3.8, 4) is 6.07 Å². The molecule has 134 valence electrons. The number of esters is 1. The van der Waals surface area contributed by atoms with Gasteiger partial charge in [-0.15, -0.1) is 0 Å². The smallest absolute Gasteiger partial charge is 0.310 e. The van der Waals surface area contributed by atoms with Crippen LogP contribution in [-0.2, 0) is 26.3 Å². The molecule has 0 bridgehead atoms. The van der Waals surface area contributed by atoms with Crippen molar-refractivity contribution in [3.05, 3.63) is 77.4 Å². The number of hydrogen-bond donors (Lipinski definition) is 0. The Morgan fingerprint density at radius 2 is 1.93 bits per heavy atom. The molecule has 0 saturated heterocycles. The van der Waals surface area contributed by atoms with Gasteiger partial charge in [0.2, 0.25) is 5.91 Å². The highest BCUT2D eigenvalue weighted by Gasteiger charge is 2.62. The van der Waals surface area contributed by atoms with E-state index in [1.165, 1.54) is 7.11 Å². The Kier molecular flexibility index (Phi) is 4.04. The Bertz CT molecular complexity index is 990. The summed E-state index contributed by atoms with van der Waals surface area (Å²) in [6, 6.07) is 19.2. The van der Waals surface area contributed by atoms with Crippen LogP contribution >= 0.6 is 0 Å². The lowest BCUT2D eigenvalue weighted by Gasteiger charge is -2.30. The average molecular weight is 358 g/mol. The van der Waals surface area contributed by atoms with E-state index in [0.717, 1.165) is 11.3 Å². The fourth-order valence-corrected chi connectivity index (χ4v) is 4.31. The summed E-state index contributed by atoms with van der Waals surface area (Å²) >= 11 is 0. The Labute approximate surface area is 157 Å². The summed E-state index contributed by atoms with van der Waals surface area (Å²) in [7, 11) is 1.31. The minimum atomic E-state index is -1.30. The second-order valence-electron chi connectivity index (χ2n) is 6.74. The first-order valence-electron chi connectivity index (χ1n) is 8.78. The molecule has 2 aliphatic rings. The summed E-state index contributed by atoms with van der Waals surface area (Å²) in [5, 5.41) is 9.74. The van der Waals surface area contributed by atoms with Crippen molar-refractivity contribution >= 4 is 17.6 Å².